The maximum Gasteiger partial charge on any atom is 0.254 e. The molecule has 2 amide bonds. The first kappa shape index (κ1) is 20.7. The lowest BCUT2D eigenvalue weighted by atomic mass is 10.1. The van der Waals surface area contributed by atoms with Crippen LogP contribution >= 0.6 is 0 Å². The average Bonchev–Trinajstić information content (AvgIpc) is 2.73. The van der Waals surface area contributed by atoms with E-state index in [4.69, 9.17) is 14.2 Å². The number of methoxy groups -OCH3 is 2. The second kappa shape index (κ2) is 9.43. The number of morpholine rings is 1. The zero-order valence-electron chi connectivity index (χ0n) is 16.9. The van der Waals surface area contributed by atoms with Crippen LogP contribution in [0.3, 0.4) is 0 Å². The molecule has 0 aliphatic carbocycles. The number of amides is 2. The van der Waals surface area contributed by atoms with E-state index in [2.05, 4.69) is 5.32 Å². The highest BCUT2D eigenvalue weighted by molar-refractivity contribution is 5.96. The minimum absolute atomic E-state index is 0.0247. The summed E-state index contributed by atoms with van der Waals surface area (Å²) in [6.07, 6.45) is 0.245. The zero-order chi connectivity index (χ0) is 20.8. The van der Waals surface area contributed by atoms with Crippen molar-refractivity contribution in [1.29, 1.82) is 0 Å². The fraction of sp³-hybridized carbons (Fsp3) is 0.364. The highest BCUT2D eigenvalue weighted by Crippen LogP contribution is 2.27. The van der Waals surface area contributed by atoms with E-state index in [0.717, 1.165) is 5.56 Å². The van der Waals surface area contributed by atoms with Crippen molar-refractivity contribution in [2.45, 2.75) is 19.4 Å². The van der Waals surface area contributed by atoms with Gasteiger partial charge in [-0.3, -0.25) is 9.59 Å². The summed E-state index contributed by atoms with van der Waals surface area (Å²) in [5.74, 6) is 1.02. The first-order valence-corrected chi connectivity index (χ1v) is 9.52. The van der Waals surface area contributed by atoms with Gasteiger partial charge >= 0.3 is 0 Å². The Morgan fingerprint density at radius 3 is 2.48 bits per heavy atom. The second-order valence-corrected chi connectivity index (χ2v) is 6.92. The van der Waals surface area contributed by atoms with Crippen LogP contribution < -0.4 is 14.8 Å². The van der Waals surface area contributed by atoms with Crippen LogP contribution in [-0.2, 0) is 16.0 Å². The summed E-state index contributed by atoms with van der Waals surface area (Å²) in [5.41, 5.74) is 2.05. The van der Waals surface area contributed by atoms with Gasteiger partial charge < -0.3 is 24.4 Å². The van der Waals surface area contributed by atoms with Crippen LogP contribution in [0.15, 0.2) is 42.5 Å². The fourth-order valence-corrected chi connectivity index (χ4v) is 3.26. The van der Waals surface area contributed by atoms with Gasteiger partial charge in [0.15, 0.2) is 11.5 Å². The molecule has 1 atom stereocenters. The zero-order valence-corrected chi connectivity index (χ0v) is 16.9. The normalized spacial score (nSPS) is 16.2. The molecule has 154 valence electrons. The predicted molar refractivity (Wildman–Crippen MR) is 110 cm³/mol. The van der Waals surface area contributed by atoms with Gasteiger partial charge in [-0.15, -0.1) is 0 Å². The third kappa shape index (κ3) is 5.26. The van der Waals surface area contributed by atoms with Crippen LogP contribution in [0.1, 0.15) is 22.8 Å². The molecule has 0 aromatic heterocycles. The van der Waals surface area contributed by atoms with Gasteiger partial charge in [0.25, 0.3) is 5.91 Å². The van der Waals surface area contributed by atoms with Gasteiger partial charge in [-0.25, -0.2) is 0 Å². The Labute approximate surface area is 170 Å². The van der Waals surface area contributed by atoms with E-state index in [1.807, 2.05) is 13.0 Å². The van der Waals surface area contributed by atoms with E-state index < -0.39 is 0 Å². The molecule has 3 rings (SSSR count). The second-order valence-electron chi connectivity index (χ2n) is 6.92. The molecular formula is C22H26N2O5. The monoisotopic (exact) mass is 398 g/mol. The maximum absolute atomic E-state index is 12.6. The van der Waals surface area contributed by atoms with Crippen molar-refractivity contribution < 1.29 is 23.8 Å². The summed E-state index contributed by atoms with van der Waals surface area (Å²) in [6.45, 7) is 3.68. The highest BCUT2D eigenvalue weighted by atomic mass is 16.5. The van der Waals surface area contributed by atoms with E-state index >= 15 is 0 Å². The van der Waals surface area contributed by atoms with E-state index in [1.54, 1.807) is 55.5 Å². The Kier molecular flexibility index (Phi) is 6.72. The SMILES string of the molecule is COc1ccc(CC(=O)Nc2ccc(C(=O)N3CCOC(C)C3)cc2)cc1OC. The first-order chi connectivity index (χ1) is 14.0. The predicted octanol–water partition coefficient (Wildman–Crippen LogP) is 2.75. The maximum atomic E-state index is 12.6. The van der Waals surface area contributed by atoms with Crippen molar-refractivity contribution >= 4 is 17.5 Å². The third-order valence-electron chi connectivity index (χ3n) is 4.76. The van der Waals surface area contributed by atoms with Gasteiger partial charge in [-0.1, -0.05) is 6.07 Å². The molecule has 2 aromatic rings. The molecule has 1 fully saturated rings. The molecule has 0 bridgehead atoms. The van der Waals surface area contributed by atoms with Crippen molar-refractivity contribution in [1.82, 2.24) is 4.90 Å². The molecule has 0 radical (unpaired) electrons. The van der Waals surface area contributed by atoms with Crippen LogP contribution in [-0.4, -0.2) is 56.7 Å². The van der Waals surface area contributed by atoms with Crippen molar-refractivity contribution in [3.63, 3.8) is 0 Å². The average molecular weight is 398 g/mol. The Morgan fingerprint density at radius 1 is 1.10 bits per heavy atom. The van der Waals surface area contributed by atoms with Crippen LogP contribution in [0.5, 0.6) is 11.5 Å². The van der Waals surface area contributed by atoms with Crippen LogP contribution in [0.4, 0.5) is 5.69 Å². The lowest BCUT2D eigenvalue weighted by Gasteiger charge is -2.31. The van der Waals surface area contributed by atoms with Crippen molar-refractivity contribution in [3.8, 4) is 11.5 Å². The van der Waals surface area contributed by atoms with E-state index in [1.165, 1.54) is 0 Å². The smallest absolute Gasteiger partial charge is 0.254 e. The molecule has 2 aromatic carbocycles. The third-order valence-corrected chi connectivity index (χ3v) is 4.76. The lowest BCUT2D eigenvalue weighted by Crippen LogP contribution is -2.44. The minimum atomic E-state index is -0.154. The molecule has 1 aliphatic rings. The fourth-order valence-electron chi connectivity index (χ4n) is 3.26. The molecule has 29 heavy (non-hydrogen) atoms. The Morgan fingerprint density at radius 2 is 1.83 bits per heavy atom. The minimum Gasteiger partial charge on any atom is -0.493 e. The van der Waals surface area contributed by atoms with E-state index in [0.29, 0.717) is 42.4 Å². The quantitative estimate of drug-likeness (QED) is 0.810. The van der Waals surface area contributed by atoms with Gasteiger partial charge in [0.1, 0.15) is 0 Å². The summed E-state index contributed by atoms with van der Waals surface area (Å²) < 4.78 is 16.0. The van der Waals surface area contributed by atoms with Gasteiger partial charge in [-0.2, -0.15) is 0 Å². The number of rotatable bonds is 6. The summed E-state index contributed by atoms with van der Waals surface area (Å²) >= 11 is 0. The highest BCUT2D eigenvalue weighted by Gasteiger charge is 2.22. The summed E-state index contributed by atoms with van der Waals surface area (Å²) in [5, 5.41) is 2.85. The summed E-state index contributed by atoms with van der Waals surface area (Å²) in [7, 11) is 3.13. The molecule has 0 saturated carbocycles. The van der Waals surface area contributed by atoms with Gasteiger partial charge in [0.2, 0.25) is 5.91 Å². The van der Waals surface area contributed by atoms with Crippen LogP contribution in [0, 0.1) is 0 Å². The molecule has 7 heteroatoms. The molecule has 1 unspecified atom stereocenters. The van der Waals surface area contributed by atoms with Gasteiger partial charge in [0.05, 0.1) is 33.4 Å². The number of nitrogens with one attached hydrogen (secondary N) is 1. The number of benzene rings is 2. The Bertz CT molecular complexity index is 866. The van der Waals surface area contributed by atoms with Gasteiger partial charge in [-0.05, 0) is 48.9 Å². The molecular weight excluding hydrogens is 372 g/mol. The van der Waals surface area contributed by atoms with Crippen molar-refractivity contribution in [3.05, 3.63) is 53.6 Å². The number of anilines is 1. The summed E-state index contributed by atoms with van der Waals surface area (Å²) in [6, 6.07) is 12.3. The van der Waals surface area contributed by atoms with Gasteiger partial charge in [0, 0.05) is 24.3 Å². The van der Waals surface area contributed by atoms with E-state index in [9.17, 15) is 9.59 Å². The standard InChI is InChI=1S/C22H26N2O5/c1-15-14-24(10-11-29-15)22(26)17-5-7-18(8-6-17)23-21(25)13-16-4-9-19(27-2)20(12-16)28-3/h4-9,12,15H,10-11,13-14H2,1-3H3,(H,23,25). The van der Waals surface area contributed by atoms with Crippen molar-refractivity contribution in [2.24, 2.45) is 0 Å². The van der Waals surface area contributed by atoms with Crippen LogP contribution in [0.25, 0.3) is 0 Å². The number of hydrogen-bond donors (Lipinski definition) is 1. The first-order valence-electron chi connectivity index (χ1n) is 9.52. The largest absolute Gasteiger partial charge is 0.493 e. The van der Waals surface area contributed by atoms with Crippen molar-refractivity contribution in [2.75, 3.05) is 39.2 Å². The molecule has 7 nitrogen and oxygen atoms in total. The number of ether oxygens (including phenoxy) is 3. The molecule has 1 saturated heterocycles. The molecule has 1 aliphatic heterocycles. The van der Waals surface area contributed by atoms with Crippen LogP contribution in [0.2, 0.25) is 0 Å². The Balaban J connectivity index is 1.59. The number of hydrogen-bond acceptors (Lipinski definition) is 5. The molecule has 1 heterocycles. The Hall–Kier alpha value is -3.06. The topological polar surface area (TPSA) is 77.1 Å². The lowest BCUT2D eigenvalue weighted by molar-refractivity contribution is -0.115. The number of carbonyl (C=O) groups excluding carboxylic acids is 2. The summed E-state index contributed by atoms with van der Waals surface area (Å²) in [4.78, 5) is 26.8. The number of nitrogens with zero attached hydrogens (tertiary/aromatic N) is 1. The molecule has 1 N–H and O–H groups in total. The van der Waals surface area contributed by atoms with E-state index in [-0.39, 0.29) is 24.3 Å². The number of carbonyl (C=O) groups is 2. The molecule has 0 spiro atoms.